The van der Waals surface area contributed by atoms with Crippen molar-refractivity contribution in [2.24, 2.45) is 0 Å². The maximum Gasteiger partial charge on any atom is 0.0914 e. The van der Waals surface area contributed by atoms with Crippen molar-refractivity contribution in [3.8, 4) is 6.07 Å². The number of quaternary nitrogens is 1. The Morgan fingerprint density at radius 1 is 0.938 bits per heavy atom. The smallest absolute Gasteiger partial charge is 0.0914 e. The second kappa shape index (κ2) is 11.2. The molecule has 16 heavy (non-hydrogen) atoms. The van der Waals surface area contributed by atoms with Crippen LogP contribution in [0.2, 0.25) is 0 Å². The molecule has 0 rings (SSSR count). The normalized spacial score (nSPS) is 10.6. The average Bonchev–Trinajstić information content (AvgIpc) is 2.20. The molecule has 0 aliphatic heterocycles. The van der Waals surface area contributed by atoms with E-state index < -0.39 is 0 Å². The third-order valence-corrected chi connectivity index (χ3v) is 2.95. The van der Waals surface area contributed by atoms with E-state index in [4.69, 9.17) is 5.26 Å². The molecule has 0 N–H and O–H groups in total. The Hall–Kier alpha value is -0.260. The lowest BCUT2D eigenvalue weighted by Crippen LogP contribution is -3.00. The van der Waals surface area contributed by atoms with Crippen molar-refractivity contribution in [1.82, 2.24) is 0 Å². The zero-order valence-electron chi connectivity index (χ0n) is 11.1. The molecule has 0 saturated carbocycles. The summed E-state index contributed by atoms with van der Waals surface area (Å²) in [7, 11) is 4.45. The number of halogens is 1. The van der Waals surface area contributed by atoms with Gasteiger partial charge in [0.1, 0.15) is 0 Å². The van der Waals surface area contributed by atoms with Crippen molar-refractivity contribution in [2.75, 3.05) is 27.2 Å². The first-order valence-corrected chi connectivity index (χ1v) is 6.31. The predicted octanol–water partition coefficient (Wildman–Crippen LogP) is 0.341. The molecule has 3 heteroatoms. The van der Waals surface area contributed by atoms with Gasteiger partial charge in [0, 0.05) is 0 Å². The Balaban J connectivity index is 0. The van der Waals surface area contributed by atoms with E-state index in [9.17, 15) is 0 Å². The van der Waals surface area contributed by atoms with E-state index in [0.717, 1.165) is 11.0 Å². The highest BCUT2D eigenvalue weighted by atomic mass is 35.5. The summed E-state index contributed by atoms with van der Waals surface area (Å²) in [6.45, 7) is 4.46. The van der Waals surface area contributed by atoms with Crippen molar-refractivity contribution < 1.29 is 16.9 Å². The maximum atomic E-state index is 8.54. The van der Waals surface area contributed by atoms with Crippen LogP contribution >= 0.6 is 0 Å². The number of hydrogen-bond acceptors (Lipinski definition) is 1. The molecular formula is C13H27ClN2. The van der Waals surface area contributed by atoms with Crippen LogP contribution in [0.25, 0.3) is 0 Å². The molecule has 0 bridgehead atoms. The van der Waals surface area contributed by atoms with Gasteiger partial charge in [0.05, 0.1) is 39.7 Å². The van der Waals surface area contributed by atoms with Crippen molar-refractivity contribution in [2.45, 2.75) is 51.9 Å². The first-order chi connectivity index (χ1) is 7.12. The highest BCUT2D eigenvalue weighted by Gasteiger charge is 2.12. The highest BCUT2D eigenvalue weighted by molar-refractivity contribution is 4.67. The SMILES string of the molecule is CCCCCCCC[N+](C)(C)CCC#N.[Cl-]. The quantitative estimate of drug-likeness (QED) is 0.425. The summed E-state index contributed by atoms with van der Waals surface area (Å²) in [4.78, 5) is 0. The second-order valence-electron chi connectivity index (χ2n) is 5.06. The third kappa shape index (κ3) is 11.8. The number of rotatable bonds is 9. The van der Waals surface area contributed by atoms with E-state index in [1.165, 1.54) is 45.1 Å². The van der Waals surface area contributed by atoms with Crippen LogP contribution in [0.4, 0.5) is 0 Å². The Kier molecular flexibility index (Phi) is 12.7. The van der Waals surface area contributed by atoms with Gasteiger partial charge in [-0.05, 0) is 12.8 Å². The minimum absolute atomic E-state index is 0. The van der Waals surface area contributed by atoms with Gasteiger partial charge in [0.15, 0.2) is 0 Å². The molecule has 0 aromatic carbocycles. The van der Waals surface area contributed by atoms with E-state index in [1.807, 2.05) is 0 Å². The summed E-state index contributed by atoms with van der Waals surface area (Å²) in [5.41, 5.74) is 0. The van der Waals surface area contributed by atoms with Crippen LogP contribution in [-0.4, -0.2) is 31.7 Å². The largest absolute Gasteiger partial charge is 1.00 e. The summed E-state index contributed by atoms with van der Waals surface area (Å²) in [5, 5.41) is 8.54. The van der Waals surface area contributed by atoms with Crippen LogP contribution in [-0.2, 0) is 0 Å². The van der Waals surface area contributed by atoms with Gasteiger partial charge in [-0.2, -0.15) is 5.26 Å². The lowest BCUT2D eigenvalue weighted by molar-refractivity contribution is -0.890. The molecule has 0 saturated heterocycles. The van der Waals surface area contributed by atoms with Gasteiger partial charge in [0.25, 0.3) is 0 Å². The van der Waals surface area contributed by atoms with Crippen LogP contribution < -0.4 is 12.4 Å². The minimum Gasteiger partial charge on any atom is -1.00 e. The van der Waals surface area contributed by atoms with Crippen LogP contribution in [0.15, 0.2) is 0 Å². The zero-order chi connectivity index (χ0) is 11.6. The van der Waals surface area contributed by atoms with Crippen LogP contribution in [0, 0.1) is 11.3 Å². The first-order valence-electron chi connectivity index (χ1n) is 6.31. The van der Waals surface area contributed by atoms with E-state index in [0.29, 0.717) is 6.42 Å². The lowest BCUT2D eigenvalue weighted by Gasteiger charge is -2.28. The molecule has 96 valence electrons. The van der Waals surface area contributed by atoms with E-state index in [1.54, 1.807) is 0 Å². The van der Waals surface area contributed by atoms with Crippen molar-refractivity contribution in [1.29, 1.82) is 5.26 Å². The number of hydrogen-bond donors (Lipinski definition) is 0. The number of unbranched alkanes of at least 4 members (excludes halogenated alkanes) is 5. The molecule has 0 unspecified atom stereocenters. The standard InChI is InChI=1S/C13H27N2.ClH/c1-4-5-6-7-8-9-12-15(2,3)13-10-11-14;/h4-10,12-13H2,1-3H3;1H/q+1;/p-1. The number of nitriles is 1. The Morgan fingerprint density at radius 3 is 2.06 bits per heavy atom. The van der Waals surface area contributed by atoms with Crippen LogP contribution in [0.3, 0.4) is 0 Å². The summed E-state index contributed by atoms with van der Waals surface area (Å²) >= 11 is 0. The summed E-state index contributed by atoms with van der Waals surface area (Å²) < 4.78 is 1.00. The molecule has 0 aromatic rings. The van der Waals surface area contributed by atoms with Gasteiger partial charge in [-0.15, -0.1) is 0 Å². The third-order valence-electron chi connectivity index (χ3n) is 2.95. The molecule has 0 fully saturated rings. The Bertz CT molecular complexity index is 185. The summed E-state index contributed by atoms with van der Waals surface area (Å²) in [6.07, 6.45) is 8.82. The molecule has 0 heterocycles. The van der Waals surface area contributed by atoms with Crippen molar-refractivity contribution in [3.05, 3.63) is 0 Å². The minimum atomic E-state index is 0. The number of nitrogens with zero attached hydrogens (tertiary/aromatic N) is 2. The van der Waals surface area contributed by atoms with Gasteiger partial charge in [0.2, 0.25) is 0 Å². The molecule has 0 amide bonds. The van der Waals surface area contributed by atoms with E-state index in [2.05, 4.69) is 27.1 Å². The lowest BCUT2D eigenvalue weighted by atomic mass is 10.1. The fraction of sp³-hybridized carbons (Fsp3) is 0.923. The summed E-state index contributed by atoms with van der Waals surface area (Å²) in [5.74, 6) is 0. The second-order valence-corrected chi connectivity index (χ2v) is 5.06. The van der Waals surface area contributed by atoms with Gasteiger partial charge < -0.3 is 16.9 Å². The molecule has 0 aliphatic carbocycles. The van der Waals surface area contributed by atoms with Gasteiger partial charge in [-0.1, -0.05) is 32.6 Å². The van der Waals surface area contributed by atoms with Crippen molar-refractivity contribution >= 4 is 0 Å². The maximum absolute atomic E-state index is 8.54. The van der Waals surface area contributed by atoms with Crippen molar-refractivity contribution in [3.63, 3.8) is 0 Å². The van der Waals surface area contributed by atoms with E-state index >= 15 is 0 Å². The Labute approximate surface area is 108 Å². The zero-order valence-corrected chi connectivity index (χ0v) is 11.9. The molecule has 0 radical (unpaired) electrons. The topological polar surface area (TPSA) is 23.8 Å². The van der Waals surface area contributed by atoms with Crippen LogP contribution in [0.5, 0.6) is 0 Å². The molecule has 0 aliphatic rings. The van der Waals surface area contributed by atoms with E-state index in [-0.39, 0.29) is 12.4 Å². The monoisotopic (exact) mass is 246 g/mol. The fourth-order valence-electron chi connectivity index (χ4n) is 1.78. The highest BCUT2D eigenvalue weighted by Crippen LogP contribution is 2.08. The molecule has 0 spiro atoms. The predicted molar refractivity (Wildman–Crippen MR) is 65.4 cm³/mol. The molecule has 0 atom stereocenters. The average molecular weight is 247 g/mol. The van der Waals surface area contributed by atoms with Gasteiger partial charge in [-0.25, -0.2) is 0 Å². The molecule has 0 aromatic heterocycles. The fourth-order valence-corrected chi connectivity index (χ4v) is 1.78. The molecule has 2 nitrogen and oxygen atoms in total. The van der Waals surface area contributed by atoms with Gasteiger partial charge >= 0.3 is 0 Å². The van der Waals surface area contributed by atoms with Gasteiger partial charge in [-0.3, -0.25) is 0 Å². The molecular weight excluding hydrogens is 220 g/mol. The first kappa shape index (κ1) is 18.1. The van der Waals surface area contributed by atoms with Crippen LogP contribution in [0.1, 0.15) is 51.9 Å². The Morgan fingerprint density at radius 2 is 1.50 bits per heavy atom. The summed E-state index contributed by atoms with van der Waals surface area (Å²) in [6, 6.07) is 2.23.